The van der Waals surface area contributed by atoms with Crippen molar-refractivity contribution in [3.05, 3.63) is 0 Å². The highest BCUT2D eigenvalue weighted by molar-refractivity contribution is 6.25. The second-order valence-electron chi connectivity index (χ2n) is 4.08. The van der Waals surface area contributed by atoms with Gasteiger partial charge in [0.1, 0.15) is 5.54 Å². The number of nitrogens with two attached hydrogens (primary N) is 1. The van der Waals surface area contributed by atoms with Crippen molar-refractivity contribution in [2.75, 3.05) is 0 Å². The molecule has 0 saturated heterocycles. The lowest BCUT2D eigenvalue weighted by atomic mass is 9.79. The molecule has 0 aromatic heterocycles. The molecule has 0 spiro atoms. The molecule has 0 bridgehead atoms. The van der Waals surface area contributed by atoms with Crippen LogP contribution in [0.25, 0.3) is 0 Å². The molecular formula is C10H21BNO3. The smallest absolute Gasteiger partial charge is 0.323 e. The number of aliphatic carboxylic acids is 1. The normalized spacial score (nSPS) is 16.8. The largest absolute Gasteiger partial charge is 0.480 e. The zero-order chi connectivity index (χ0) is 11.9. The average molecular weight is 214 g/mol. The minimum atomic E-state index is -1.12. The highest BCUT2D eigenvalue weighted by Gasteiger charge is 2.37. The van der Waals surface area contributed by atoms with Crippen molar-refractivity contribution < 1.29 is 14.9 Å². The molecule has 0 aromatic carbocycles. The Balaban J connectivity index is 4.20. The lowest BCUT2D eigenvalue weighted by Gasteiger charge is -2.30. The molecule has 0 saturated carbocycles. The van der Waals surface area contributed by atoms with Gasteiger partial charge in [0.2, 0.25) is 0 Å². The van der Waals surface area contributed by atoms with Crippen LogP contribution in [0.5, 0.6) is 0 Å². The Hall–Kier alpha value is -0.545. The van der Waals surface area contributed by atoms with E-state index in [1.807, 2.05) is 13.8 Å². The third-order valence-corrected chi connectivity index (χ3v) is 3.06. The molecule has 4 nitrogen and oxygen atoms in total. The van der Waals surface area contributed by atoms with E-state index in [9.17, 15) is 4.79 Å². The van der Waals surface area contributed by atoms with Gasteiger partial charge in [0.05, 0.1) is 0 Å². The zero-order valence-corrected chi connectivity index (χ0v) is 9.57. The van der Waals surface area contributed by atoms with Crippen molar-refractivity contribution in [1.82, 2.24) is 0 Å². The summed E-state index contributed by atoms with van der Waals surface area (Å²) in [5, 5.41) is 17.6. The first-order valence-corrected chi connectivity index (χ1v) is 5.47. The van der Waals surface area contributed by atoms with E-state index in [1.165, 1.54) is 0 Å². The van der Waals surface area contributed by atoms with Gasteiger partial charge in [-0.25, -0.2) is 0 Å². The number of carboxylic acids is 1. The van der Waals surface area contributed by atoms with Crippen molar-refractivity contribution in [2.45, 2.75) is 51.4 Å². The van der Waals surface area contributed by atoms with Crippen molar-refractivity contribution in [2.24, 2.45) is 11.7 Å². The van der Waals surface area contributed by atoms with Crippen LogP contribution < -0.4 is 5.73 Å². The minimum Gasteiger partial charge on any atom is -0.480 e. The summed E-state index contributed by atoms with van der Waals surface area (Å²) in [7, 11) is 1.10. The monoisotopic (exact) mass is 214 g/mol. The maximum atomic E-state index is 11.1. The third kappa shape index (κ3) is 4.22. The van der Waals surface area contributed by atoms with Gasteiger partial charge in [-0.15, -0.1) is 0 Å². The minimum absolute atomic E-state index is 0.0342. The van der Waals surface area contributed by atoms with Crippen LogP contribution in [0.3, 0.4) is 0 Å². The van der Waals surface area contributed by atoms with Gasteiger partial charge in [0.15, 0.2) is 0 Å². The van der Waals surface area contributed by atoms with E-state index in [1.54, 1.807) is 0 Å². The van der Waals surface area contributed by atoms with E-state index in [-0.39, 0.29) is 5.92 Å². The van der Waals surface area contributed by atoms with Crippen LogP contribution in [-0.4, -0.2) is 29.1 Å². The van der Waals surface area contributed by atoms with Gasteiger partial charge in [-0.3, -0.25) is 4.79 Å². The van der Waals surface area contributed by atoms with Crippen molar-refractivity contribution in [1.29, 1.82) is 0 Å². The molecule has 87 valence electrons. The fourth-order valence-electron chi connectivity index (χ4n) is 1.58. The molecule has 0 aliphatic rings. The molecule has 4 N–H and O–H groups in total. The van der Waals surface area contributed by atoms with Crippen molar-refractivity contribution in [3.8, 4) is 0 Å². The molecule has 0 rings (SSSR count). The van der Waals surface area contributed by atoms with Crippen molar-refractivity contribution in [3.63, 3.8) is 0 Å². The Bertz CT molecular complexity index is 201. The first kappa shape index (κ1) is 14.5. The third-order valence-electron chi connectivity index (χ3n) is 3.06. The van der Waals surface area contributed by atoms with Gasteiger partial charge in [0.25, 0.3) is 7.48 Å². The number of rotatable bonds is 8. The molecule has 0 fully saturated rings. The molecule has 1 radical (unpaired) electrons. The van der Waals surface area contributed by atoms with Crippen LogP contribution in [0.2, 0.25) is 6.32 Å². The lowest BCUT2D eigenvalue weighted by Crippen LogP contribution is -2.53. The lowest BCUT2D eigenvalue weighted by molar-refractivity contribution is -0.145. The molecule has 0 aromatic rings. The Morgan fingerprint density at radius 2 is 2.13 bits per heavy atom. The fraction of sp³-hybridized carbons (Fsp3) is 0.900. The number of hydrogen-bond acceptors (Lipinski definition) is 3. The molecule has 2 atom stereocenters. The summed E-state index contributed by atoms with van der Waals surface area (Å²) in [5.74, 6) is -0.960. The number of hydrogen-bond donors (Lipinski definition) is 3. The molecular weight excluding hydrogens is 193 g/mol. The summed E-state index contributed by atoms with van der Waals surface area (Å²) in [5.41, 5.74) is 4.78. The molecule has 15 heavy (non-hydrogen) atoms. The number of carboxylic acid groups (broad SMARTS) is 1. The average Bonchev–Trinajstić information content (AvgIpc) is 2.22. The molecule has 0 amide bonds. The summed E-state index contributed by atoms with van der Waals surface area (Å²) in [6.07, 6.45) is 3.32. The van der Waals surface area contributed by atoms with E-state index in [2.05, 4.69) is 0 Å². The Labute approximate surface area is 92.1 Å². The SMILES string of the molecule is CCC(C)C(N)(CCCC[B]O)C(=O)O. The first-order chi connectivity index (χ1) is 6.99. The Morgan fingerprint density at radius 3 is 2.53 bits per heavy atom. The second-order valence-corrected chi connectivity index (χ2v) is 4.08. The summed E-state index contributed by atoms with van der Waals surface area (Å²) >= 11 is 0. The molecule has 0 aliphatic heterocycles. The standard InChI is InChI=1S/C10H21BNO3/c1-3-8(2)10(12,9(13)14)6-4-5-7-11-15/h8,15H,3-7,12H2,1-2H3,(H,13,14). The zero-order valence-electron chi connectivity index (χ0n) is 9.57. The van der Waals surface area contributed by atoms with Gasteiger partial charge in [-0.2, -0.15) is 0 Å². The molecule has 0 aliphatic carbocycles. The molecule has 5 heteroatoms. The Kier molecular flexibility index (Phi) is 6.60. The highest BCUT2D eigenvalue weighted by atomic mass is 16.4. The predicted molar refractivity (Wildman–Crippen MR) is 60.6 cm³/mol. The van der Waals surface area contributed by atoms with E-state index in [0.717, 1.165) is 26.7 Å². The maximum Gasteiger partial charge on any atom is 0.323 e. The first-order valence-electron chi connectivity index (χ1n) is 5.47. The van der Waals surface area contributed by atoms with Gasteiger partial charge >= 0.3 is 5.97 Å². The number of unbranched alkanes of at least 4 members (excludes halogenated alkanes) is 1. The van der Waals surface area contributed by atoms with Crippen LogP contribution in [-0.2, 0) is 4.79 Å². The number of carbonyl (C=O) groups is 1. The van der Waals surface area contributed by atoms with Crippen LogP contribution >= 0.6 is 0 Å². The van der Waals surface area contributed by atoms with Crippen LogP contribution in [0.4, 0.5) is 0 Å². The fourth-order valence-corrected chi connectivity index (χ4v) is 1.58. The summed E-state index contributed by atoms with van der Waals surface area (Å²) < 4.78 is 0. The predicted octanol–water partition coefficient (Wildman–Crippen LogP) is 1.01. The highest BCUT2D eigenvalue weighted by Crippen LogP contribution is 2.24. The van der Waals surface area contributed by atoms with E-state index >= 15 is 0 Å². The van der Waals surface area contributed by atoms with Crippen LogP contribution in [0.1, 0.15) is 39.5 Å². The quantitative estimate of drug-likeness (QED) is 0.416. The van der Waals surface area contributed by atoms with E-state index in [0.29, 0.717) is 12.7 Å². The van der Waals surface area contributed by atoms with E-state index < -0.39 is 11.5 Å². The summed E-state index contributed by atoms with van der Waals surface area (Å²) in [6.45, 7) is 3.81. The summed E-state index contributed by atoms with van der Waals surface area (Å²) in [4.78, 5) is 11.1. The van der Waals surface area contributed by atoms with Gasteiger partial charge in [-0.05, 0) is 12.3 Å². The van der Waals surface area contributed by atoms with E-state index in [4.69, 9.17) is 15.9 Å². The van der Waals surface area contributed by atoms with Crippen LogP contribution in [0.15, 0.2) is 0 Å². The summed E-state index contributed by atoms with van der Waals surface area (Å²) in [6, 6.07) is 0. The van der Waals surface area contributed by atoms with Gasteiger partial charge < -0.3 is 15.9 Å². The van der Waals surface area contributed by atoms with Crippen molar-refractivity contribution >= 4 is 13.5 Å². The molecule has 0 heterocycles. The van der Waals surface area contributed by atoms with Gasteiger partial charge in [0, 0.05) is 0 Å². The molecule has 2 unspecified atom stereocenters. The van der Waals surface area contributed by atoms with Gasteiger partial charge in [-0.1, -0.05) is 39.4 Å². The second kappa shape index (κ2) is 6.85. The Morgan fingerprint density at radius 1 is 1.53 bits per heavy atom. The topological polar surface area (TPSA) is 83.5 Å². The van der Waals surface area contributed by atoms with Crippen LogP contribution in [0, 0.1) is 5.92 Å². The maximum absolute atomic E-state index is 11.1.